The van der Waals surface area contributed by atoms with Crippen molar-refractivity contribution in [1.82, 2.24) is 9.97 Å². The molecule has 0 aliphatic rings. The van der Waals surface area contributed by atoms with E-state index in [2.05, 4.69) is 9.97 Å². The standard InChI is InChI=1S/C17H15N2O4PS/c1-14-8-10-15(11-9-14)25(20,21)24(22-16-6-2-4-12-18-16)23-17-7-3-5-13-19-17/h2-13H,1H3. The molecule has 25 heavy (non-hydrogen) atoms. The number of benzene rings is 1. The second-order valence-corrected chi connectivity index (χ2v) is 9.60. The molecule has 2 heterocycles. The van der Waals surface area contributed by atoms with Crippen molar-refractivity contribution in [2.24, 2.45) is 0 Å². The molecule has 0 saturated carbocycles. The fraction of sp³-hybridized carbons (Fsp3) is 0.0588. The summed E-state index contributed by atoms with van der Waals surface area (Å²) in [5.74, 6) is 0.334. The molecule has 0 atom stereocenters. The third-order valence-corrected chi connectivity index (χ3v) is 7.32. The molecule has 0 unspecified atom stereocenters. The van der Waals surface area contributed by atoms with Crippen molar-refractivity contribution in [2.75, 3.05) is 0 Å². The molecule has 0 amide bonds. The van der Waals surface area contributed by atoms with E-state index in [1.165, 1.54) is 24.5 Å². The summed E-state index contributed by atoms with van der Waals surface area (Å²) in [5.41, 5.74) is 0.958. The van der Waals surface area contributed by atoms with Gasteiger partial charge in [0.25, 0.3) is 9.46 Å². The van der Waals surface area contributed by atoms with E-state index in [-0.39, 0.29) is 16.7 Å². The van der Waals surface area contributed by atoms with Gasteiger partial charge >= 0.3 is 7.58 Å². The zero-order chi connectivity index (χ0) is 17.7. The minimum atomic E-state index is -3.87. The number of nitrogens with zero attached hydrogens (tertiary/aromatic N) is 2. The van der Waals surface area contributed by atoms with Gasteiger partial charge in [0.1, 0.15) is 0 Å². The van der Waals surface area contributed by atoms with Crippen LogP contribution in [0.5, 0.6) is 11.8 Å². The van der Waals surface area contributed by atoms with Crippen molar-refractivity contribution in [3.63, 3.8) is 0 Å². The Morgan fingerprint density at radius 1 is 0.800 bits per heavy atom. The monoisotopic (exact) mass is 374 g/mol. The van der Waals surface area contributed by atoms with Gasteiger partial charge in [0, 0.05) is 24.5 Å². The Labute approximate surface area is 147 Å². The van der Waals surface area contributed by atoms with E-state index in [1.54, 1.807) is 48.5 Å². The summed E-state index contributed by atoms with van der Waals surface area (Å²) in [6, 6.07) is 16.5. The normalized spacial score (nSPS) is 11.3. The topological polar surface area (TPSA) is 78.4 Å². The maximum Gasteiger partial charge on any atom is 0.429 e. The Morgan fingerprint density at radius 3 is 1.76 bits per heavy atom. The van der Waals surface area contributed by atoms with Crippen LogP contribution in [0.25, 0.3) is 0 Å². The van der Waals surface area contributed by atoms with Gasteiger partial charge in [-0.3, -0.25) is 0 Å². The second kappa shape index (κ2) is 7.59. The molecule has 6 nitrogen and oxygen atoms in total. The smallest absolute Gasteiger partial charge is 0.409 e. The number of pyridine rings is 2. The Morgan fingerprint density at radius 2 is 1.32 bits per heavy atom. The van der Waals surface area contributed by atoms with Gasteiger partial charge in [0.05, 0.1) is 4.90 Å². The van der Waals surface area contributed by atoms with Crippen molar-refractivity contribution in [1.29, 1.82) is 0 Å². The minimum Gasteiger partial charge on any atom is -0.409 e. The number of hydrogen-bond acceptors (Lipinski definition) is 6. The molecule has 128 valence electrons. The molecule has 1 aromatic carbocycles. The van der Waals surface area contributed by atoms with E-state index >= 15 is 0 Å². The van der Waals surface area contributed by atoms with E-state index in [4.69, 9.17) is 9.05 Å². The molecular weight excluding hydrogens is 359 g/mol. The van der Waals surface area contributed by atoms with E-state index < -0.39 is 17.0 Å². The first-order valence-electron chi connectivity index (χ1n) is 7.36. The van der Waals surface area contributed by atoms with E-state index in [0.29, 0.717) is 0 Å². The molecule has 0 spiro atoms. The van der Waals surface area contributed by atoms with Gasteiger partial charge in [0.2, 0.25) is 11.8 Å². The van der Waals surface area contributed by atoms with Crippen molar-refractivity contribution >= 4 is 17.0 Å². The van der Waals surface area contributed by atoms with Crippen LogP contribution >= 0.6 is 7.58 Å². The van der Waals surface area contributed by atoms with Crippen molar-refractivity contribution in [3.05, 3.63) is 78.6 Å². The molecule has 0 saturated heterocycles. The Kier molecular flexibility index (Phi) is 5.26. The molecule has 0 aliphatic carbocycles. The highest BCUT2D eigenvalue weighted by molar-refractivity contribution is 8.47. The fourth-order valence-corrected chi connectivity index (χ4v) is 5.20. The lowest BCUT2D eigenvalue weighted by Gasteiger charge is -2.17. The van der Waals surface area contributed by atoms with Crippen LogP contribution in [0.2, 0.25) is 0 Å². The molecule has 0 bridgehead atoms. The van der Waals surface area contributed by atoms with Crippen molar-refractivity contribution in [3.8, 4) is 11.8 Å². The molecule has 2 aromatic heterocycles. The lowest BCUT2D eigenvalue weighted by Crippen LogP contribution is -2.09. The van der Waals surface area contributed by atoms with Crippen LogP contribution in [0.3, 0.4) is 0 Å². The van der Waals surface area contributed by atoms with Gasteiger partial charge in [-0.05, 0) is 31.2 Å². The largest absolute Gasteiger partial charge is 0.429 e. The van der Waals surface area contributed by atoms with Crippen molar-refractivity contribution in [2.45, 2.75) is 11.8 Å². The first-order valence-corrected chi connectivity index (χ1v) is 10.6. The van der Waals surface area contributed by atoms with Crippen LogP contribution in [0.4, 0.5) is 0 Å². The number of rotatable bonds is 6. The summed E-state index contributed by atoms with van der Waals surface area (Å²) < 4.78 is 37.1. The summed E-state index contributed by atoms with van der Waals surface area (Å²) in [6.45, 7) is 1.88. The minimum absolute atomic E-state index is 0.121. The van der Waals surface area contributed by atoms with Crippen molar-refractivity contribution < 1.29 is 17.5 Å². The van der Waals surface area contributed by atoms with E-state index in [9.17, 15) is 8.42 Å². The molecule has 0 aliphatic heterocycles. The Balaban J connectivity index is 1.95. The third-order valence-electron chi connectivity index (χ3n) is 3.13. The van der Waals surface area contributed by atoms with Gasteiger partial charge in [-0.15, -0.1) is 0 Å². The maximum atomic E-state index is 13.0. The van der Waals surface area contributed by atoms with E-state index in [0.717, 1.165) is 5.56 Å². The molecule has 3 rings (SSSR count). The van der Waals surface area contributed by atoms with Crippen LogP contribution in [0, 0.1) is 6.92 Å². The molecule has 0 fully saturated rings. The number of hydrogen-bond donors (Lipinski definition) is 0. The average Bonchev–Trinajstić information content (AvgIpc) is 2.63. The lowest BCUT2D eigenvalue weighted by molar-refractivity contribution is 0.479. The van der Waals surface area contributed by atoms with Gasteiger partial charge in [-0.25, -0.2) is 18.4 Å². The first-order chi connectivity index (χ1) is 12.1. The van der Waals surface area contributed by atoms with Gasteiger partial charge in [-0.1, -0.05) is 29.8 Å². The molecule has 0 radical (unpaired) electrons. The molecule has 8 heteroatoms. The predicted molar refractivity (Wildman–Crippen MR) is 95.0 cm³/mol. The highest BCUT2D eigenvalue weighted by Crippen LogP contribution is 2.48. The Hall–Kier alpha value is -2.50. The van der Waals surface area contributed by atoms with Crippen LogP contribution < -0.4 is 9.05 Å². The second-order valence-electron chi connectivity index (χ2n) is 5.03. The van der Waals surface area contributed by atoms with E-state index in [1.807, 2.05) is 6.92 Å². The third kappa shape index (κ3) is 4.32. The maximum absolute atomic E-state index is 13.0. The highest BCUT2D eigenvalue weighted by atomic mass is 32.8. The lowest BCUT2D eigenvalue weighted by atomic mass is 10.2. The van der Waals surface area contributed by atoms with Crippen LogP contribution in [-0.2, 0) is 9.46 Å². The van der Waals surface area contributed by atoms with Gasteiger partial charge in [0.15, 0.2) is 0 Å². The quantitative estimate of drug-likeness (QED) is 0.608. The Bertz CT molecular complexity index is 878. The first kappa shape index (κ1) is 17.3. The van der Waals surface area contributed by atoms with Crippen LogP contribution in [-0.4, -0.2) is 18.4 Å². The van der Waals surface area contributed by atoms with Crippen LogP contribution in [0.1, 0.15) is 5.56 Å². The van der Waals surface area contributed by atoms with Gasteiger partial charge < -0.3 is 9.05 Å². The van der Waals surface area contributed by atoms with Gasteiger partial charge in [-0.2, -0.15) is 0 Å². The fourth-order valence-electron chi connectivity index (χ4n) is 1.87. The predicted octanol–water partition coefficient (Wildman–Crippen LogP) is 3.94. The van der Waals surface area contributed by atoms with Crippen LogP contribution in [0.15, 0.2) is 78.0 Å². The molecular formula is C17H15N2O4PS. The molecule has 3 aromatic rings. The zero-order valence-corrected chi connectivity index (χ0v) is 15.0. The zero-order valence-electron chi connectivity index (χ0n) is 13.3. The number of aryl methyl sites for hydroxylation is 1. The SMILES string of the molecule is Cc1ccc(S(=O)(=O)P(Oc2ccccn2)Oc2ccccn2)cc1. The summed E-state index contributed by atoms with van der Waals surface area (Å²) in [6.07, 6.45) is 3.03. The summed E-state index contributed by atoms with van der Waals surface area (Å²) in [5, 5.41) is 0. The average molecular weight is 374 g/mol. The highest BCUT2D eigenvalue weighted by Gasteiger charge is 2.35. The summed E-state index contributed by atoms with van der Waals surface area (Å²) >= 11 is 0. The molecule has 0 N–H and O–H groups in total. The summed E-state index contributed by atoms with van der Waals surface area (Å²) in [4.78, 5) is 8.14. The number of aromatic nitrogens is 2. The summed E-state index contributed by atoms with van der Waals surface area (Å²) in [7, 11) is -6.27.